The van der Waals surface area contributed by atoms with Gasteiger partial charge in [0.25, 0.3) is 0 Å². The van der Waals surface area contributed by atoms with Gasteiger partial charge in [0.05, 0.1) is 11.9 Å². The van der Waals surface area contributed by atoms with Gasteiger partial charge in [-0.25, -0.2) is 12.8 Å². The predicted molar refractivity (Wildman–Crippen MR) is 128 cm³/mol. The zero-order valence-electron chi connectivity index (χ0n) is 19.5. The van der Waals surface area contributed by atoms with E-state index < -0.39 is 16.1 Å². The molecule has 0 bridgehead atoms. The van der Waals surface area contributed by atoms with Gasteiger partial charge in [0, 0.05) is 26.6 Å². The number of hydrogen-bond acceptors (Lipinski definition) is 4. The molecule has 2 rings (SSSR count). The third kappa shape index (κ3) is 7.28. The van der Waals surface area contributed by atoms with E-state index in [1.807, 2.05) is 26.0 Å². The van der Waals surface area contributed by atoms with Crippen molar-refractivity contribution >= 4 is 27.5 Å². The maximum Gasteiger partial charge on any atom is 0.242 e. The summed E-state index contributed by atoms with van der Waals surface area (Å²) in [6.45, 7) is 3.93. The second kappa shape index (κ2) is 11.8. The fourth-order valence-electron chi connectivity index (χ4n) is 3.70. The van der Waals surface area contributed by atoms with Gasteiger partial charge in [-0.1, -0.05) is 37.3 Å². The second-order valence-corrected chi connectivity index (χ2v) is 9.82. The van der Waals surface area contributed by atoms with Crippen LogP contribution in [0.25, 0.3) is 0 Å². The van der Waals surface area contributed by atoms with Gasteiger partial charge in [-0.15, -0.1) is 0 Å². The molecular formula is C24H32FN3O4S. The Morgan fingerprint density at radius 3 is 2.27 bits per heavy atom. The van der Waals surface area contributed by atoms with Crippen LogP contribution in [0.1, 0.15) is 37.3 Å². The van der Waals surface area contributed by atoms with Gasteiger partial charge in [-0.2, -0.15) is 0 Å². The fourth-order valence-corrected chi connectivity index (χ4v) is 4.72. The lowest BCUT2D eigenvalue weighted by Gasteiger charge is -2.31. The van der Waals surface area contributed by atoms with Gasteiger partial charge in [-0.3, -0.25) is 13.9 Å². The molecule has 0 radical (unpaired) electrons. The van der Waals surface area contributed by atoms with Crippen molar-refractivity contribution in [1.82, 2.24) is 10.2 Å². The number of sulfonamides is 1. The zero-order chi connectivity index (χ0) is 24.6. The topological polar surface area (TPSA) is 86.8 Å². The van der Waals surface area contributed by atoms with Crippen molar-refractivity contribution in [3.8, 4) is 0 Å². The van der Waals surface area contributed by atoms with E-state index in [0.717, 1.165) is 11.8 Å². The van der Waals surface area contributed by atoms with Gasteiger partial charge in [0.1, 0.15) is 11.9 Å². The number of anilines is 1. The van der Waals surface area contributed by atoms with E-state index >= 15 is 0 Å². The first kappa shape index (κ1) is 26.3. The maximum atomic E-state index is 13.3. The van der Waals surface area contributed by atoms with Crippen molar-refractivity contribution in [3.05, 3.63) is 65.5 Å². The highest BCUT2D eigenvalue weighted by Crippen LogP contribution is 2.23. The van der Waals surface area contributed by atoms with Gasteiger partial charge in [-0.05, 0) is 49.1 Å². The van der Waals surface area contributed by atoms with Crippen molar-refractivity contribution in [2.45, 2.75) is 45.7 Å². The Morgan fingerprint density at radius 1 is 1.09 bits per heavy atom. The van der Waals surface area contributed by atoms with E-state index in [-0.39, 0.29) is 43.6 Å². The molecule has 0 saturated heterocycles. The molecule has 0 heterocycles. The minimum Gasteiger partial charge on any atom is -0.357 e. The quantitative estimate of drug-likeness (QED) is 0.538. The number of para-hydroxylation sites is 1. The van der Waals surface area contributed by atoms with Crippen molar-refractivity contribution in [1.29, 1.82) is 0 Å². The monoisotopic (exact) mass is 477 g/mol. The van der Waals surface area contributed by atoms with Crippen LogP contribution >= 0.6 is 0 Å². The molecule has 0 aliphatic heterocycles. The Kier molecular flexibility index (Phi) is 9.40. The number of benzene rings is 2. The molecule has 0 aliphatic rings. The summed E-state index contributed by atoms with van der Waals surface area (Å²) in [6.07, 6.45) is 1.89. The number of amides is 2. The standard InChI is InChI=1S/C24H32FN3O4S/c1-5-21(24(30)26-3)27(17-19-12-14-20(25)15-13-19)23(29)11-8-16-28(33(4,31)32)22-10-7-6-9-18(22)2/h6-7,9-10,12-15,21H,5,8,11,16-17H2,1-4H3,(H,26,30). The minimum absolute atomic E-state index is 0.0621. The van der Waals surface area contributed by atoms with Crippen LogP contribution < -0.4 is 9.62 Å². The Bertz CT molecular complexity index is 1060. The molecule has 0 aliphatic carbocycles. The molecule has 2 amide bonds. The molecule has 180 valence electrons. The van der Waals surface area contributed by atoms with E-state index in [9.17, 15) is 22.4 Å². The smallest absolute Gasteiger partial charge is 0.242 e. The Balaban J connectivity index is 2.19. The summed E-state index contributed by atoms with van der Waals surface area (Å²) in [4.78, 5) is 27.1. The summed E-state index contributed by atoms with van der Waals surface area (Å²) in [5.41, 5.74) is 2.09. The number of carbonyl (C=O) groups excluding carboxylic acids is 2. The number of aryl methyl sites for hydroxylation is 1. The van der Waals surface area contributed by atoms with Crippen LogP contribution in [0.4, 0.5) is 10.1 Å². The molecule has 2 aromatic carbocycles. The molecular weight excluding hydrogens is 445 g/mol. The molecule has 1 N–H and O–H groups in total. The van der Waals surface area contributed by atoms with E-state index in [0.29, 0.717) is 17.7 Å². The summed E-state index contributed by atoms with van der Waals surface area (Å²) < 4.78 is 39.4. The third-order valence-corrected chi connectivity index (χ3v) is 6.61. The highest BCUT2D eigenvalue weighted by molar-refractivity contribution is 7.92. The lowest BCUT2D eigenvalue weighted by Crippen LogP contribution is -2.48. The highest BCUT2D eigenvalue weighted by Gasteiger charge is 2.28. The summed E-state index contributed by atoms with van der Waals surface area (Å²) in [7, 11) is -2.03. The van der Waals surface area contributed by atoms with Gasteiger partial charge < -0.3 is 10.2 Å². The first-order valence-electron chi connectivity index (χ1n) is 10.9. The number of hydrogen-bond donors (Lipinski definition) is 1. The molecule has 0 saturated carbocycles. The van der Waals surface area contributed by atoms with Crippen molar-refractivity contribution < 1.29 is 22.4 Å². The van der Waals surface area contributed by atoms with Crippen LogP contribution in [0.3, 0.4) is 0 Å². The number of likely N-dealkylation sites (N-methyl/N-ethyl adjacent to an activating group) is 1. The van der Waals surface area contributed by atoms with Gasteiger partial charge in [0.2, 0.25) is 21.8 Å². The fraction of sp³-hybridized carbons (Fsp3) is 0.417. The van der Waals surface area contributed by atoms with Gasteiger partial charge in [0.15, 0.2) is 0 Å². The molecule has 0 fully saturated rings. The van der Waals surface area contributed by atoms with Crippen LogP contribution in [-0.4, -0.2) is 51.0 Å². The van der Waals surface area contributed by atoms with Crippen molar-refractivity contribution in [2.75, 3.05) is 24.2 Å². The summed E-state index contributed by atoms with van der Waals surface area (Å²) in [6, 6.07) is 12.3. The van der Waals surface area contributed by atoms with E-state index in [1.54, 1.807) is 24.3 Å². The lowest BCUT2D eigenvalue weighted by atomic mass is 10.1. The Labute approximate surface area is 195 Å². The Morgan fingerprint density at radius 2 is 1.73 bits per heavy atom. The number of nitrogens with one attached hydrogen (secondary N) is 1. The third-order valence-electron chi connectivity index (χ3n) is 5.43. The average molecular weight is 478 g/mol. The normalized spacial score (nSPS) is 12.2. The van der Waals surface area contributed by atoms with Crippen molar-refractivity contribution in [2.24, 2.45) is 0 Å². The number of nitrogens with zero attached hydrogens (tertiary/aromatic N) is 2. The SMILES string of the molecule is CCC(C(=O)NC)N(Cc1ccc(F)cc1)C(=O)CCCN(c1ccccc1C)S(C)(=O)=O. The van der Waals surface area contributed by atoms with E-state index in [4.69, 9.17) is 0 Å². The number of rotatable bonds is 11. The molecule has 9 heteroatoms. The van der Waals surface area contributed by atoms with E-state index in [2.05, 4.69) is 5.32 Å². The van der Waals surface area contributed by atoms with Crippen LogP contribution in [0.2, 0.25) is 0 Å². The number of halogens is 1. The first-order valence-corrected chi connectivity index (χ1v) is 12.7. The van der Waals surface area contributed by atoms with Crippen molar-refractivity contribution in [3.63, 3.8) is 0 Å². The first-order chi connectivity index (χ1) is 15.6. The molecule has 1 unspecified atom stereocenters. The molecule has 0 aromatic heterocycles. The lowest BCUT2D eigenvalue weighted by molar-refractivity contribution is -0.141. The molecule has 1 atom stereocenters. The Hall–Kier alpha value is -2.94. The second-order valence-electron chi connectivity index (χ2n) is 7.91. The predicted octanol–water partition coefficient (Wildman–Crippen LogP) is 3.23. The minimum atomic E-state index is -3.54. The average Bonchev–Trinajstić information content (AvgIpc) is 2.77. The van der Waals surface area contributed by atoms with Crippen LogP contribution in [0.15, 0.2) is 48.5 Å². The molecule has 0 spiro atoms. The largest absolute Gasteiger partial charge is 0.357 e. The van der Waals surface area contributed by atoms with Crippen LogP contribution in [0, 0.1) is 12.7 Å². The van der Waals surface area contributed by atoms with Crippen LogP contribution in [0.5, 0.6) is 0 Å². The van der Waals surface area contributed by atoms with E-state index in [1.165, 1.54) is 28.4 Å². The summed E-state index contributed by atoms with van der Waals surface area (Å²) in [5.74, 6) is -0.939. The molecule has 2 aromatic rings. The van der Waals surface area contributed by atoms with Gasteiger partial charge >= 0.3 is 0 Å². The molecule has 33 heavy (non-hydrogen) atoms. The maximum absolute atomic E-state index is 13.3. The number of carbonyl (C=O) groups is 2. The highest BCUT2D eigenvalue weighted by atomic mass is 32.2. The summed E-state index contributed by atoms with van der Waals surface area (Å²) in [5, 5.41) is 2.59. The summed E-state index contributed by atoms with van der Waals surface area (Å²) >= 11 is 0. The zero-order valence-corrected chi connectivity index (χ0v) is 20.4. The van der Waals surface area contributed by atoms with Crippen LogP contribution in [-0.2, 0) is 26.2 Å². The molecule has 7 nitrogen and oxygen atoms in total.